The zero-order valence-corrected chi connectivity index (χ0v) is 10.7. The predicted octanol–water partition coefficient (Wildman–Crippen LogP) is -0.395. The minimum atomic E-state index is -1.30. The van der Waals surface area contributed by atoms with Gasteiger partial charge in [-0.3, -0.25) is 0 Å². The Kier molecular flexibility index (Phi) is 4.45. The van der Waals surface area contributed by atoms with E-state index in [1.165, 1.54) is 22.9 Å². The minimum absolute atomic E-state index is 0.00814. The van der Waals surface area contributed by atoms with Crippen molar-refractivity contribution in [2.75, 3.05) is 6.61 Å². The average molecular weight is 273 g/mol. The van der Waals surface area contributed by atoms with Gasteiger partial charge in [0.2, 0.25) is 6.04 Å². The van der Waals surface area contributed by atoms with Crippen LogP contribution in [-0.4, -0.2) is 22.8 Å². The molecule has 0 saturated heterocycles. The summed E-state index contributed by atoms with van der Waals surface area (Å²) in [5.74, 6) is -1.30. The van der Waals surface area contributed by atoms with Gasteiger partial charge in [-0.15, -0.1) is 0 Å². The van der Waals surface area contributed by atoms with E-state index in [0.29, 0.717) is 5.56 Å². The number of hydrogen-bond donors (Lipinski definition) is 2. The van der Waals surface area contributed by atoms with Crippen molar-refractivity contribution in [1.82, 2.24) is 0 Å². The molecule has 1 aromatic carbocycles. The van der Waals surface area contributed by atoms with Gasteiger partial charge < -0.3 is 20.1 Å². The summed E-state index contributed by atoms with van der Waals surface area (Å²) >= 11 is 0. The first-order chi connectivity index (χ1) is 9.63. The standard InChI is InChI=1S/C15H15NO4/c17-10-13(14(18)11-5-2-1-3-6-11)16-8-4-7-12(9-16)15(19)20/h1-9,13-14,17-18H,10H2. The molecule has 2 N–H and O–H groups in total. The van der Waals surface area contributed by atoms with Gasteiger partial charge in [0, 0.05) is 6.07 Å². The highest BCUT2D eigenvalue weighted by Crippen LogP contribution is 2.21. The molecule has 1 aromatic heterocycles. The average Bonchev–Trinajstić information content (AvgIpc) is 2.49. The van der Waals surface area contributed by atoms with Gasteiger partial charge in [0.25, 0.3) is 0 Å². The van der Waals surface area contributed by atoms with E-state index in [9.17, 15) is 20.1 Å². The maximum absolute atomic E-state index is 10.9. The molecule has 0 saturated carbocycles. The number of nitrogens with zero attached hydrogens (tertiary/aromatic N) is 1. The SMILES string of the molecule is O=C([O-])c1ccc[n+](C(CO)C(O)c2ccccc2)c1. The van der Waals surface area contributed by atoms with Crippen LogP contribution in [0.25, 0.3) is 0 Å². The van der Waals surface area contributed by atoms with Gasteiger partial charge in [-0.1, -0.05) is 30.3 Å². The second-order valence-corrected chi connectivity index (χ2v) is 4.43. The monoisotopic (exact) mass is 273 g/mol. The van der Waals surface area contributed by atoms with Crippen molar-refractivity contribution in [1.29, 1.82) is 0 Å². The second kappa shape index (κ2) is 6.27. The maximum atomic E-state index is 10.9. The Hall–Kier alpha value is -2.24. The molecule has 0 aliphatic heterocycles. The summed E-state index contributed by atoms with van der Waals surface area (Å²) in [4.78, 5) is 10.9. The Labute approximate surface area is 116 Å². The Morgan fingerprint density at radius 1 is 1.20 bits per heavy atom. The minimum Gasteiger partial charge on any atom is -0.545 e. The molecule has 1 heterocycles. The van der Waals surface area contributed by atoms with Gasteiger partial charge in [-0.25, -0.2) is 0 Å². The van der Waals surface area contributed by atoms with E-state index >= 15 is 0 Å². The summed E-state index contributed by atoms with van der Waals surface area (Å²) in [5, 5.41) is 30.7. The molecule has 5 heteroatoms. The summed E-state index contributed by atoms with van der Waals surface area (Å²) in [6, 6.07) is 11.2. The Bertz CT molecular complexity index is 585. The van der Waals surface area contributed by atoms with Gasteiger partial charge in [0.15, 0.2) is 12.4 Å². The number of rotatable bonds is 5. The maximum Gasteiger partial charge on any atom is 0.210 e. The zero-order valence-electron chi connectivity index (χ0n) is 10.7. The summed E-state index contributed by atoms with van der Waals surface area (Å²) < 4.78 is 1.48. The first kappa shape index (κ1) is 14.2. The molecule has 104 valence electrons. The number of aliphatic hydroxyl groups is 2. The van der Waals surface area contributed by atoms with Crippen LogP contribution in [-0.2, 0) is 0 Å². The summed E-state index contributed by atoms with van der Waals surface area (Å²) in [6.07, 6.45) is 1.99. The number of pyridine rings is 1. The van der Waals surface area contributed by atoms with E-state index in [2.05, 4.69) is 0 Å². The van der Waals surface area contributed by atoms with Crippen LogP contribution in [0.4, 0.5) is 0 Å². The molecule has 0 radical (unpaired) electrons. The molecule has 0 amide bonds. The van der Waals surface area contributed by atoms with Crippen LogP contribution in [0.5, 0.6) is 0 Å². The third kappa shape index (κ3) is 3.01. The quantitative estimate of drug-likeness (QED) is 0.726. The number of carbonyl (C=O) groups excluding carboxylic acids is 1. The van der Waals surface area contributed by atoms with Crippen molar-refractivity contribution >= 4 is 5.97 Å². The summed E-state index contributed by atoms with van der Waals surface area (Å²) in [5.41, 5.74) is 0.643. The fraction of sp³-hybridized carbons (Fsp3) is 0.200. The van der Waals surface area contributed by atoms with Crippen molar-refractivity contribution < 1.29 is 24.7 Å². The van der Waals surface area contributed by atoms with Gasteiger partial charge in [-0.2, -0.15) is 4.57 Å². The van der Waals surface area contributed by atoms with E-state index in [1.807, 2.05) is 6.07 Å². The van der Waals surface area contributed by atoms with E-state index in [1.54, 1.807) is 30.5 Å². The van der Waals surface area contributed by atoms with Crippen molar-refractivity contribution in [3.8, 4) is 0 Å². The van der Waals surface area contributed by atoms with Crippen LogP contribution in [0.15, 0.2) is 54.9 Å². The first-order valence-electron chi connectivity index (χ1n) is 6.19. The molecule has 0 aliphatic rings. The van der Waals surface area contributed by atoms with Gasteiger partial charge in [0.05, 0.1) is 11.5 Å². The zero-order chi connectivity index (χ0) is 14.5. The van der Waals surface area contributed by atoms with Gasteiger partial charge >= 0.3 is 0 Å². The molecule has 2 atom stereocenters. The molecule has 0 spiro atoms. The molecular weight excluding hydrogens is 258 g/mol. The number of benzene rings is 1. The lowest BCUT2D eigenvalue weighted by atomic mass is 10.0. The number of carboxylic acid groups (broad SMARTS) is 1. The highest BCUT2D eigenvalue weighted by molar-refractivity contribution is 5.84. The second-order valence-electron chi connectivity index (χ2n) is 4.43. The summed E-state index contributed by atoms with van der Waals surface area (Å²) in [7, 11) is 0. The van der Waals surface area contributed by atoms with Crippen LogP contribution in [0, 0.1) is 0 Å². The van der Waals surface area contributed by atoms with Crippen molar-refractivity contribution in [2.24, 2.45) is 0 Å². The van der Waals surface area contributed by atoms with Crippen molar-refractivity contribution in [3.63, 3.8) is 0 Å². The lowest BCUT2D eigenvalue weighted by Gasteiger charge is -2.17. The van der Waals surface area contributed by atoms with E-state index < -0.39 is 18.1 Å². The number of carboxylic acids is 1. The van der Waals surface area contributed by atoms with Gasteiger partial charge in [0.1, 0.15) is 12.7 Å². The number of aromatic carboxylic acids is 1. The number of carbonyl (C=O) groups is 1. The Morgan fingerprint density at radius 3 is 2.50 bits per heavy atom. The van der Waals surface area contributed by atoms with Crippen LogP contribution < -0.4 is 9.67 Å². The molecule has 0 fully saturated rings. The fourth-order valence-electron chi connectivity index (χ4n) is 2.05. The van der Waals surface area contributed by atoms with Crippen molar-refractivity contribution in [3.05, 3.63) is 66.0 Å². The number of aromatic nitrogens is 1. The molecule has 20 heavy (non-hydrogen) atoms. The molecule has 0 aliphatic carbocycles. The van der Waals surface area contributed by atoms with Crippen LogP contribution in [0.1, 0.15) is 28.1 Å². The van der Waals surface area contributed by atoms with Gasteiger partial charge in [-0.05, 0) is 11.6 Å². The number of hydrogen-bond acceptors (Lipinski definition) is 4. The Morgan fingerprint density at radius 2 is 1.90 bits per heavy atom. The molecular formula is C15H15NO4. The predicted molar refractivity (Wildman–Crippen MR) is 68.5 cm³/mol. The third-order valence-corrected chi connectivity index (χ3v) is 3.13. The third-order valence-electron chi connectivity index (χ3n) is 3.13. The van der Waals surface area contributed by atoms with Crippen LogP contribution in [0.2, 0.25) is 0 Å². The van der Waals surface area contributed by atoms with E-state index in [0.717, 1.165) is 0 Å². The van der Waals surface area contributed by atoms with E-state index in [-0.39, 0.29) is 12.2 Å². The normalized spacial score (nSPS) is 13.7. The number of aliphatic hydroxyl groups excluding tert-OH is 2. The highest BCUT2D eigenvalue weighted by Gasteiger charge is 2.28. The smallest absolute Gasteiger partial charge is 0.210 e. The first-order valence-corrected chi connectivity index (χ1v) is 6.19. The molecule has 5 nitrogen and oxygen atoms in total. The topological polar surface area (TPSA) is 84.5 Å². The molecule has 2 rings (SSSR count). The van der Waals surface area contributed by atoms with Crippen molar-refractivity contribution in [2.45, 2.75) is 12.1 Å². The molecule has 2 aromatic rings. The Balaban J connectivity index is 2.32. The largest absolute Gasteiger partial charge is 0.545 e. The lowest BCUT2D eigenvalue weighted by molar-refractivity contribution is -0.733. The van der Waals surface area contributed by atoms with Crippen LogP contribution >= 0.6 is 0 Å². The van der Waals surface area contributed by atoms with E-state index in [4.69, 9.17) is 0 Å². The molecule has 0 bridgehead atoms. The summed E-state index contributed by atoms with van der Waals surface area (Å²) in [6.45, 7) is -0.322. The fourth-order valence-corrected chi connectivity index (χ4v) is 2.05. The van der Waals surface area contributed by atoms with Crippen LogP contribution in [0.3, 0.4) is 0 Å². The highest BCUT2D eigenvalue weighted by atomic mass is 16.4. The lowest BCUT2D eigenvalue weighted by Crippen LogP contribution is -2.45. The molecule has 2 unspecified atom stereocenters.